The first-order chi connectivity index (χ1) is 11.0. The fourth-order valence-corrected chi connectivity index (χ4v) is 1.95. The molecule has 0 fully saturated rings. The lowest BCUT2D eigenvalue weighted by atomic mass is 9.86. The van der Waals surface area contributed by atoms with E-state index in [1.54, 1.807) is 5.94 Å². The second-order valence-electron chi connectivity index (χ2n) is 4.55. The number of halogens is 1. The van der Waals surface area contributed by atoms with Gasteiger partial charge in [-0.3, -0.25) is 4.79 Å². The van der Waals surface area contributed by atoms with Crippen LogP contribution in [0.15, 0.2) is 18.1 Å². The van der Waals surface area contributed by atoms with Crippen LogP contribution in [-0.2, 0) is 23.9 Å². The zero-order valence-corrected chi connectivity index (χ0v) is 13.9. The molecule has 0 heterocycles. The molecule has 0 aliphatic carbocycles. The van der Waals surface area contributed by atoms with Crippen molar-refractivity contribution in [2.24, 2.45) is 5.41 Å². The molecule has 130 valence electrons. The molecule has 0 aromatic carbocycles. The molecule has 0 rings (SSSR count). The maximum Gasteiger partial charge on any atom is 0.294 e. The van der Waals surface area contributed by atoms with Crippen LogP contribution in [0.3, 0.4) is 0 Å². The molecule has 0 radical (unpaired) electrons. The van der Waals surface area contributed by atoms with Crippen molar-refractivity contribution in [3.8, 4) is 0 Å². The fraction of sp³-hybridized carbons (Fsp3) is 0.615. The van der Waals surface area contributed by atoms with Crippen LogP contribution in [0, 0.1) is 15.5 Å². The molecule has 0 amide bonds. The summed E-state index contributed by atoms with van der Waals surface area (Å²) in [6, 6.07) is 0. The maximum atomic E-state index is 10.6. The molecule has 23 heavy (non-hydrogen) atoms. The number of carbonyl (C=O) groups excluding carboxylic acids is 2. The number of allylic oxidation sites excluding steroid dienone is 1. The van der Waals surface area contributed by atoms with E-state index in [9.17, 15) is 24.8 Å². The van der Waals surface area contributed by atoms with E-state index in [2.05, 4.69) is 20.8 Å². The first-order valence-electron chi connectivity index (χ1n) is 6.54. The Morgan fingerprint density at radius 1 is 1.35 bits per heavy atom. The van der Waals surface area contributed by atoms with Crippen molar-refractivity contribution in [2.45, 2.75) is 12.8 Å². The number of aldehydes is 1. The largest absolute Gasteiger partial charge is 0.875 e. The van der Waals surface area contributed by atoms with Crippen LogP contribution in [0.2, 0.25) is 0 Å². The molecule has 10 heteroatoms. The van der Waals surface area contributed by atoms with Gasteiger partial charge in [0.15, 0.2) is 6.29 Å². The Morgan fingerprint density at radius 3 is 2.61 bits per heavy atom. The Morgan fingerprint density at radius 2 is 2.09 bits per heavy atom. The predicted molar refractivity (Wildman–Crippen MR) is 79.6 cm³/mol. The van der Waals surface area contributed by atoms with Crippen molar-refractivity contribution >= 4 is 28.2 Å². The van der Waals surface area contributed by atoms with E-state index < -0.39 is 16.3 Å². The molecule has 0 bridgehead atoms. The van der Waals surface area contributed by atoms with Crippen LogP contribution >= 0.6 is 15.9 Å². The van der Waals surface area contributed by atoms with Crippen molar-refractivity contribution in [2.75, 3.05) is 31.8 Å². The first-order valence-corrected chi connectivity index (χ1v) is 7.66. The molecule has 1 atom stereocenters. The molecular weight excluding hydrogens is 378 g/mol. The molecule has 0 aliphatic heterocycles. The average Bonchev–Trinajstić information content (AvgIpc) is 2.55. The van der Waals surface area contributed by atoms with Gasteiger partial charge < -0.3 is 19.4 Å². The van der Waals surface area contributed by atoms with Gasteiger partial charge in [-0.25, -0.2) is 4.79 Å². The van der Waals surface area contributed by atoms with E-state index in [1.165, 1.54) is 0 Å². The van der Waals surface area contributed by atoms with E-state index in [1.807, 2.05) is 0 Å². The van der Waals surface area contributed by atoms with Crippen molar-refractivity contribution in [1.82, 2.24) is 0 Å². The third-order valence-corrected chi connectivity index (χ3v) is 3.35. The summed E-state index contributed by atoms with van der Waals surface area (Å²) < 4.78 is 10.4. The second-order valence-corrected chi connectivity index (χ2v) is 5.35. The lowest BCUT2D eigenvalue weighted by Crippen LogP contribution is -2.38. The minimum absolute atomic E-state index is 0.0307. The molecule has 0 aliphatic rings. The van der Waals surface area contributed by atoms with E-state index in [4.69, 9.17) is 9.47 Å². The molecule has 0 spiro atoms. The van der Waals surface area contributed by atoms with Crippen LogP contribution in [0.5, 0.6) is 0 Å². The second kappa shape index (κ2) is 12.6. The van der Waals surface area contributed by atoms with E-state index in [-0.39, 0.29) is 39.0 Å². The maximum absolute atomic E-state index is 10.6. The Balaban J connectivity index is 5.03. The topological polar surface area (TPSA) is 128 Å². The van der Waals surface area contributed by atoms with Crippen molar-refractivity contribution in [3.05, 3.63) is 28.2 Å². The molecule has 0 aromatic heterocycles. The lowest BCUT2D eigenvalue weighted by molar-refractivity contribution is -0.761. The Kier molecular flexibility index (Phi) is 11.6. The SMILES string of the molecule is O=C=CCOCC(CCCBr)(CO/C(C=O)=C\[O-])CO[N+](=O)[O-]. The highest BCUT2D eigenvalue weighted by molar-refractivity contribution is 9.09. The zero-order valence-electron chi connectivity index (χ0n) is 12.3. The summed E-state index contributed by atoms with van der Waals surface area (Å²) in [6.07, 6.45) is 2.62. The Hall–Kier alpha value is -1.90. The molecule has 0 saturated carbocycles. The highest BCUT2D eigenvalue weighted by atomic mass is 79.9. The minimum atomic E-state index is -0.963. The van der Waals surface area contributed by atoms with Gasteiger partial charge >= 0.3 is 0 Å². The van der Waals surface area contributed by atoms with Crippen LogP contribution in [0.25, 0.3) is 0 Å². The molecule has 0 aromatic rings. The van der Waals surface area contributed by atoms with Crippen LogP contribution in [-0.4, -0.2) is 49.1 Å². The third-order valence-electron chi connectivity index (χ3n) is 2.79. The smallest absolute Gasteiger partial charge is 0.294 e. The highest BCUT2D eigenvalue weighted by Crippen LogP contribution is 2.27. The summed E-state index contributed by atoms with van der Waals surface area (Å²) in [6.45, 7) is -0.596. The monoisotopic (exact) mass is 394 g/mol. The quantitative estimate of drug-likeness (QED) is 0.0596. The van der Waals surface area contributed by atoms with Gasteiger partial charge in [0, 0.05) is 11.4 Å². The van der Waals surface area contributed by atoms with Gasteiger partial charge in [-0.1, -0.05) is 15.9 Å². The Bertz CT molecular complexity index is 449. The van der Waals surface area contributed by atoms with E-state index in [0.29, 0.717) is 18.2 Å². The molecule has 0 saturated heterocycles. The molecule has 9 nitrogen and oxygen atoms in total. The number of nitrogens with zero attached hydrogens (tertiary/aromatic N) is 1. The van der Waals surface area contributed by atoms with Crippen molar-refractivity contribution in [1.29, 1.82) is 0 Å². The van der Waals surface area contributed by atoms with Gasteiger partial charge in [-0.05, 0) is 12.8 Å². The normalized spacial score (nSPS) is 13.5. The number of rotatable bonds is 14. The molecular formula is C13H17BrNO8-. The number of hydrogen-bond donors (Lipinski definition) is 0. The van der Waals surface area contributed by atoms with Crippen molar-refractivity contribution < 1.29 is 34.1 Å². The zero-order chi connectivity index (χ0) is 17.6. The lowest BCUT2D eigenvalue weighted by Gasteiger charge is -2.32. The molecule has 0 N–H and O–H groups in total. The van der Waals surface area contributed by atoms with E-state index in [0.717, 1.165) is 6.08 Å². The summed E-state index contributed by atoms with van der Waals surface area (Å²) in [5.74, 6) is 1.11. The van der Waals surface area contributed by atoms with Gasteiger partial charge in [-0.2, -0.15) is 0 Å². The average molecular weight is 395 g/mol. The minimum Gasteiger partial charge on any atom is -0.875 e. The number of hydrogen-bond acceptors (Lipinski definition) is 8. The highest BCUT2D eigenvalue weighted by Gasteiger charge is 2.33. The Labute approximate surface area is 141 Å². The van der Waals surface area contributed by atoms with Crippen LogP contribution < -0.4 is 5.11 Å². The fourth-order valence-electron chi connectivity index (χ4n) is 1.67. The number of ether oxygens (including phenoxy) is 2. The van der Waals surface area contributed by atoms with Crippen molar-refractivity contribution in [3.63, 3.8) is 0 Å². The number of alkyl halides is 1. The predicted octanol–water partition coefficient (Wildman–Crippen LogP) is 0.178. The van der Waals surface area contributed by atoms with E-state index >= 15 is 0 Å². The summed E-state index contributed by atoms with van der Waals surface area (Å²) in [7, 11) is 0. The van der Waals surface area contributed by atoms with Gasteiger partial charge in [0.2, 0.25) is 0 Å². The van der Waals surface area contributed by atoms with Gasteiger partial charge in [-0.15, -0.1) is 16.4 Å². The first kappa shape index (κ1) is 21.1. The summed E-state index contributed by atoms with van der Waals surface area (Å²) in [5.41, 5.74) is -0.963. The van der Waals surface area contributed by atoms with Gasteiger partial charge in [0.1, 0.15) is 18.3 Å². The summed E-state index contributed by atoms with van der Waals surface area (Å²) in [5, 5.41) is 20.8. The number of carbonyl (C=O) groups is 1. The summed E-state index contributed by atoms with van der Waals surface area (Å²) in [4.78, 5) is 35.6. The van der Waals surface area contributed by atoms with Gasteiger partial charge in [0.05, 0.1) is 25.2 Å². The van der Waals surface area contributed by atoms with Crippen LogP contribution in [0.4, 0.5) is 0 Å². The standard InChI is InChI=1S/C13H18BrNO8/c14-4-1-3-13(11-23-15(19)20,9-21-6-2-5-16)10-22-12(7-17)8-18/h2,7-8,17H,1,3-4,6,9-11H2/p-1/b12-7-. The third kappa shape index (κ3) is 9.67. The van der Waals surface area contributed by atoms with Gasteiger partial charge in [0.25, 0.3) is 5.09 Å². The summed E-state index contributed by atoms with van der Waals surface area (Å²) >= 11 is 3.25. The van der Waals surface area contributed by atoms with Crippen LogP contribution in [0.1, 0.15) is 12.8 Å². The molecule has 1 unspecified atom stereocenters.